The van der Waals surface area contributed by atoms with E-state index in [1.165, 1.54) is 60.5 Å². The molecular formula is C50H39N3. The third kappa shape index (κ3) is 4.74. The van der Waals surface area contributed by atoms with Crippen LogP contribution in [0.4, 0.5) is 34.1 Å². The van der Waals surface area contributed by atoms with Crippen molar-refractivity contribution in [2.75, 3.05) is 9.80 Å². The van der Waals surface area contributed by atoms with Gasteiger partial charge in [0.15, 0.2) is 0 Å². The molecule has 3 nitrogen and oxygen atoms in total. The van der Waals surface area contributed by atoms with Crippen LogP contribution in [0.15, 0.2) is 182 Å². The fourth-order valence-corrected chi connectivity index (χ4v) is 8.86. The van der Waals surface area contributed by atoms with Gasteiger partial charge in [0.2, 0.25) is 0 Å². The fourth-order valence-electron chi connectivity index (χ4n) is 8.86. The molecule has 1 heterocycles. The van der Waals surface area contributed by atoms with E-state index < -0.39 is 0 Å². The van der Waals surface area contributed by atoms with Crippen LogP contribution in [0, 0.1) is 0 Å². The lowest BCUT2D eigenvalue weighted by Crippen LogP contribution is -2.18. The molecule has 0 unspecified atom stereocenters. The molecule has 0 amide bonds. The summed E-state index contributed by atoms with van der Waals surface area (Å²) in [5.74, 6) is 0. The van der Waals surface area contributed by atoms with Gasteiger partial charge in [0.25, 0.3) is 0 Å². The summed E-state index contributed by atoms with van der Waals surface area (Å²) in [5.41, 5.74) is 14.4. The maximum absolute atomic E-state index is 2.49. The van der Waals surface area contributed by atoms with Gasteiger partial charge in [0.1, 0.15) is 0 Å². The van der Waals surface area contributed by atoms with Gasteiger partial charge in [-0.05, 0) is 94.4 Å². The van der Waals surface area contributed by atoms with Crippen molar-refractivity contribution in [2.45, 2.75) is 19.3 Å². The largest absolute Gasteiger partial charge is 0.342 e. The van der Waals surface area contributed by atoms with E-state index in [1.807, 2.05) is 0 Å². The summed E-state index contributed by atoms with van der Waals surface area (Å²) in [7, 11) is 2.20. The molecule has 0 spiro atoms. The molecule has 0 atom stereocenters. The molecule has 9 aromatic rings. The lowest BCUT2D eigenvalue weighted by molar-refractivity contribution is 0.661. The highest BCUT2D eigenvalue weighted by atomic mass is 15.2. The number of hydrogen-bond acceptors (Lipinski definition) is 2. The molecule has 0 radical (unpaired) electrons. The van der Waals surface area contributed by atoms with Crippen molar-refractivity contribution in [3.05, 3.63) is 193 Å². The van der Waals surface area contributed by atoms with E-state index in [0.29, 0.717) is 0 Å². The minimum absolute atomic E-state index is 0.257. The summed E-state index contributed by atoms with van der Waals surface area (Å²) in [5, 5.41) is 5.03. The molecule has 1 aliphatic carbocycles. The smallest absolute Gasteiger partial charge is 0.0733 e. The first kappa shape index (κ1) is 31.2. The fraction of sp³-hybridized carbons (Fsp3) is 0.0800. The van der Waals surface area contributed by atoms with Gasteiger partial charge in [0.05, 0.1) is 16.9 Å². The van der Waals surface area contributed by atoms with Crippen LogP contribution in [0.2, 0.25) is 0 Å². The second-order valence-electron chi connectivity index (χ2n) is 14.6. The van der Waals surface area contributed by atoms with Gasteiger partial charge in [-0.2, -0.15) is 0 Å². The molecular weight excluding hydrogens is 643 g/mol. The van der Waals surface area contributed by atoms with Crippen molar-refractivity contribution >= 4 is 66.7 Å². The molecule has 0 saturated heterocycles. The molecule has 0 N–H and O–H groups in total. The molecule has 254 valence electrons. The van der Waals surface area contributed by atoms with Crippen LogP contribution in [0.3, 0.4) is 0 Å². The Kier molecular flexibility index (Phi) is 7.06. The topological polar surface area (TPSA) is 11.4 Å². The van der Waals surface area contributed by atoms with Crippen molar-refractivity contribution in [3.63, 3.8) is 0 Å². The molecule has 0 aliphatic heterocycles. The first-order valence-corrected chi connectivity index (χ1v) is 18.4. The van der Waals surface area contributed by atoms with Crippen LogP contribution in [0.25, 0.3) is 43.7 Å². The zero-order valence-electron chi connectivity index (χ0n) is 30.2. The second kappa shape index (κ2) is 12.0. The Bertz CT molecular complexity index is 2780. The minimum Gasteiger partial charge on any atom is -0.342 e. The summed E-state index contributed by atoms with van der Waals surface area (Å²) in [6.45, 7) is 4.79. The number of aryl methyl sites for hydroxylation is 1. The van der Waals surface area contributed by atoms with Crippen molar-refractivity contribution in [1.29, 1.82) is 0 Å². The van der Waals surface area contributed by atoms with Crippen LogP contribution >= 0.6 is 0 Å². The summed E-state index contributed by atoms with van der Waals surface area (Å²) in [4.78, 5) is 4.85. The van der Waals surface area contributed by atoms with Gasteiger partial charge in [-0.1, -0.05) is 129 Å². The summed E-state index contributed by atoms with van der Waals surface area (Å²) >= 11 is 0. The summed E-state index contributed by atoms with van der Waals surface area (Å²) in [6.07, 6.45) is 0. The Hall–Kier alpha value is -6.58. The van der Waals surface area contributed by atoms with Crippen molar-refractivity contribution < 1.29 is 0 Å². The maximum Gasteiger partial charge on any atom is 0.0733 e. The highest BCUT2D eigenvalue weighted by molar-refractivity contribution is 6.16. The highest BCUT2D eigenvalue weighted by Crippen LogP contribution is 2.56. The van der Waals surface area contributed by atoms with E-state index in [0.717, 1.165) is 28.4 Å². The normalized spacial score (nSPS) is 13.0. The lowest BCUT2D eigenvalue weighted by Gasteiger charge is -2.30. The third-order valence-electron chi connectivity index (χ3n) is 11.3. The van der Waals surface area contributed by atoms with Crippen LogP contribution in [0.1, 0.15) is 25.0 Å². The Balaban J connectivity index is 1.22. The highest BCUT2D eigenvalue weighted by Gasteiger charge is 2.38. The number of para-hydroxylation sites is 5. The van der Waals surface area contributed by atoms with E-state index >= 15 is 0 Å². The van der Waals surface area contributed by atoms with Gasteiger partial charge >= 0.3 is 0 Å². The van der Waals surface area contributed by atoms with Gasteiger partial charge in [-0.3, -0.25) is 0 Å². The lowest BCUT2D eigenvalue weighted by atomic mass is 9.81. The van der Waals surface area contributed by atoms with Gasteiger partial charge in [0, 0.05) is 56.9 Å². The van der Waals surface area contributed by atoms with E-state index in [2.05, 4.69) is 217 Å². The standard InChI is InChI=1S/C50H39N3/c1-50(2)43-32-37(52(34-18-7-4-8-19-34)35-20-9-5-10-21-35)30-31-42(43)48-40-26-14-13-24-38(40)47(33-44(48)50)53(36-22-11-6-12-23-36)46-29-17-27-41-39-25-15-16-28-45(39)51(3)49(41)46/h4-33H,1-3H3. The third-order valence-corrected chi connectivity index (χ3v) is 11.3. The first-order valence-electron chi connectivity index (χ1n) is 18.4. The monoisotopic (exact) mass is 681 g/mol. The molecule has 10 rings (SSSR count). The van der Waals surface area contributed by atoms with Crippen LogP contribution < -0.4 is 9.80 Å². The van der Waals surface area contributed by atoms with Gasteiger partial charge < -0.3 is 14.4 Å². The van der Waals surface area contributed by atoms with Gasteiger partial charge in [-0.25, -0.2) is 0 Å². The predicted molar refractivity (Wildman–Crippen MR) is 225 cm³/mol. The number of rotatable bonds is 6. The van der Waals surface area contributed by atoms with Crippen molar-refractivity contribution in [3.8, 4) is 11.1 Å². The zero-order chi connectivity index (χ0) is 35.7. The molecule has 53 heavy (non-hydrogen) atoms. The van der Waals surface area contributed by atoms with Crippen LogP contribution in [-0.4, -0.2) is 4.57 Å². The Morgan fingerprint density at radius 1 is 0.415 bits per heavy atom. The Morgan fingerprint density at radius 3 is 1.62 bits per heavy atom. The quantitative estimate of drug-likeness (QED) is 0.173. The molecule has 1 aromatic heterocycles. The molecule has 0 bridgehead atoms. The average Bonchev–Trinajstić information content (AvgIpc) is 3.63. The van der Waals surface area contributed by atoms with E-state index in [1.54, 1.807) is 0 Å². The van der Waals surface area contributed by atoms with Crippen LogP contribution in [-0.2, 0) is 12.5 Å². The zero-order valence-corrected chi connectivity index (χ0v) is 30.2. The maximum atomic E-state index is 2.49. The molecule has 8 aromatic carbocycles. The molecule has 3 heteroatoms. The van der Waals surface area contributed by atoms with Crippen LogP contribution in [0.5, 0.6) is 0 Å². The van der Waals surface area contributed by atoms with Crippen molar-refractivity contribution in [2.24, 2.45) is 7.05 Å². The second-order valence-corrected chi connectivity index (χ2v) is 14.6. The number of aromatic nitrogens is 1. The number of benzene rings is 8. The Morgan fingerprint density at radius 2 is 0.962 bits per heavy atom. The number of nitrogens with zero attached hydrogens (tertiary/aromatic N) is 3. The summed E-state index contributed by atoms with van der Waals surface area (Å²) < 4.78 is 2.36. The molecule has 0 saturated carbocycles. The SMILES string of the molecule is Cn1c2ccccc2c2cccc(N(c3ccccc3)c3cc4c(c5ccccc35)-c3ccc(N(c5ccccc5)c5ccccc5)cc3C4(C)C)c21. The molecule has 0 fully saturated rings. The Labute approximate surface area is 310 Å². The van der Waals surface area contributed by atoms with Gasteiger partial charge in [-0.15, -0.1) is 0 Å². The average molecular weight is 682 g/mol. The van der Waals surface area contributed by atoms with Crippen molar-refractivity contribution in [1.82, 2.24) is 4.57 Å². The van der Waals surface area contributed by atoms with E-state index in [9.17, 15) is 0 Å². The summed E-state index contributed by atoms with van der Waals surface area (Å²) in [6, 6.07) is 66.3. The molecule has 1 aliphatic rings. The number of hydrogen-bond donors (Lipinski definition) is 0. The number of fused-ring (bicyclic) bond motifs is 8. The first-order chi connectivity index (χ1) is 26.0. The van der Waals surface area contributed by atoms with E-state index in [-0.39, 0.29) is 5.41 Å². The number of anilines is 6. The van der Waals surface area contributed by atoms with E-state index in [4.69, 9.17) is 0 Å². The predicted octanol–water partition coefficient (Wildman–Crippen LogP) is 13.7. The minimum atomic E-state index is -0.257.